The number of aromatic nitrogens is 2. The minimum atomic E-state index is -0.175. The van der Waals surface area contributed by atoms with Gasteiger partial charge in [-0.1, -0.05) is 35.9 Å². The quantitative estimate of drug-likeness (QED) is 0.642. The largest absolute Gasteiger partial charge is 0.329 e. The van der Waals surface area contributed by atoms with E-state index >= 15 is 0 Å². The average molecular weight is 434 g/mol. The van der Waals surface area contributed by atoms with Crippen molar-refractivity contribution in [3.8, 4) is 0 Å². The van der Waals surface area contributed by atoms with Crippen LogP contribution in [0.25, 0.3) is 16.6 Å². The summed E-state index contributed by atoms with van der Waals surface area (Å²) < 4.78 is 3.63. The van der Waals surface area contributed by atoms with Crippen molar-refractivity contribution in [2.24, 2.45) is 0 Å². The van der Waals surface area contributed by atoms with Crippen molar-refractivity contribution in [1.29, 1.82) is 0 Å². The molecule has 0 spiro atoms. The molecule has 1 aliphatic rings. The minimum Gasteiger partial charge on any atom is -0.307 e. The van der Waals surface area contributed by atoms with E-state index in [4.69, 9.17) is 0 Å². The van der Waals surface area contributed by atoms with Crippen LogP contribution in [0.3, 0.4) is 0 Å². The van der Waals surface area contributed by atoms with Crippen LogP contribution in [0.5, 0.6) is 0 Å². The van der Waals surface area contributed by atoms with Crippen LogP contribution in [0, 0.1) is 6.92 Å². The molecule has 1 aliphatic heterocycles. The van der Waals surface area contributed by atoms with Gasteiger partial charge in [-0.05, 0) is 51.0 Å². The van der Waals surface area contributed by atoms with E-state index in [1.807, 2.05) is 53.4 Å². The second kappa shape index (κ2) is 8.67. The van der Waals surface area contributed by atoms with E-state index in [0.29, 0.717) is 19.6 Å². The first-order valence-corrected chi connectivity index (χ1v) is 11.2. The van der Waals surface area contributed by atoms with E-state index < -0.39 is 0 Å². The van der Waals surface area contributed by atoms with Crippen LogP contribution in [-0.2, 0) is 17.9 Å². The molecular weight excluding hydrogens is 402 g/mol. The number of fused-ring (bicyclic) bond motifs is 1. The van der Waals surface area contributed by atoms with Crippen molar-refractivity contribution in [1.82, 2.24) is 24.7 Å². The summed E-state index contributed by atoms with van der Waals surface area (Å²) in [5.74, 6) is -0.0254. The first-order chi connectivity index (χ1) is 15.4. The fraction of sp³-hybridized carbons (Fsp3) is 0.360. The molecule has 32 heavy (non-hydrogen) atoms. The molecule has 4 rings (SSSR count). The Morgan fingerprint density at radius 1 is 1.03 bits per heavy atom. The number of nitrogens with one attached hydrogen (secondary N) is 1. The van der Waals surface area contributed by atoms with E-state index in [9.17, 15) is 9.59 Å². The highest BCUT2D eigenvalue weighted by Crippen LogP contribution is 2.39. The Morgan fingerprint density at radius 2 is 1.75 bits per heavy atom. The molecular formula is C25H31N5O2. The van der Waals surface area contributed by atoms with Gasteiger partial charge in [-0.15, -0.1) is 5.12 Å². The molecule has 0 bridgehead atoms. The summed E-state index contributed by atoms with van der Waals surface area (Å²) in [6.07, 6.45) is 1.96. The molecule has 0 fully saturated rings. The van der Waals surface area contributed by atoms with Crippen molar-refractivity contribution in [2.45, 2.75) is 53.8 Å². The topological polar surface area (TPSA) is 62.5 Å². The highest BCUT2D eigenvalue weighted by Gasteiger charge is 2.35. The van der Waals surface area contributed by atoms with Crippen molar-refractivity contribution in [3.63, 3.8) is 0 Å². The van der Waals surface area contributed by atoms with Gasteiger partial charge in [0, 0.05) is 38.3 Å². The maximum absolute atomic E-state index is 12.8. The third-order valence-corrected chi connectivity index (χ3v) is 6.16. The molecule has 0 saturated carbocycles. The summed E-state index contributed by atoms with van der Waals surface area (Å²) in [7, 11) is 0. The van der Waals surface area contributed by atoms with Gasteiger partial charge in [0.15, 0.2) is 0 Å². The molecule has 3 aromatic rings. The van der Waals surface area contributed by atoms with Crippen molar-refractivity contribution >= 4 is 22.5 Å². The molecule has 0 radical (unpaired) electrons. The van der Waals surface area contributed by atoms with Crippen LogP contribution >= 0.6 is 0 Å². The zero-order chi connectivity index (χ0) is 23.0. The number of hydrazine groups is 2. The normalized spacial score (nSPS) is 16.3. The summed E-state index contributed by atoms with van der Waals surface area (Å²) in [4.78, 5) is 25.2. The number of imidazole rings is 1. The highest BCUT2D eigenvalue weighted by atomic mass is 16.2. The lowest BCUT2D eigenvalue weighted by Gasteiger charge is -2.35. The number of nitrogens with zero attached hydrogens (tertiary/aromatic N) is 4. The molecule has 2 aromatic carbocycles. The van der Waals surface area contributed by atoms with Crippen molar-refractivity contribution in [2.75, 3.05) is 6.54 Å². The zero-order valence-electron chi connectivity index (χ0n) is 19.4. The lowest BCUT2D eigenvalue weighted by Crippen LogP contribution is -2.50. The van der Waals surface area contributed by atoms with E-state index in [0.717, 1.165) is 33.3 Å². The van der Waals surface area contributed by atoms with Crippen LogP contribution in [0.2, 0.25) is 0 Å². The Kier molecular flexibility index (Phi) is 5.93. The van der Waals surface area contributed by atoms with Gasteiger partial charge in [0.1, 0.15) is 6.04 Å². The second-order valence-corrected chi connectivity index (χ2v) is 8.10. The standard InChI is InChI=1S/C25H31N5O2/c1-6-27-22-13-12-19(15-23(22)28(7-2)25(27)32)21-16-26-30(29(8-3)18(5)31)24(21)20-11-9-10-17(4)14-20/h9-16,24,26H,6-8H2,1-5H3. The number of rotatable bonds is 6. The van der Waals surface area contributed by atoms with Crippen LogP contribution in [-0.4, -0.2) is 31.7 Å². The summed E-state index contributed by atoms with van der Waals surface area (Å²) in [5, 5.41) is 3.62. The molecule has 1 aromatic heterocycles. The van der Waals surface area contributed by atoms with Crippen LogP contribution < -0.4 is 11.1 Å². The monoisotopic (exact) mass is 433 g/mol. The Hall–Kier alpha value is -3.32. The van der Waals surface area contributed by atoms with E-state index in [1.54, 1.807) is 11.9 Å². The van der Waals surface area contributed by atoms with Gasteiger partial charge in [-0.2, -0.15) is 0 Å². The number of carbonyl (C=O) groups is 1. The Balaban J connectivity index is 1.86. The number of aryl methyl sites for hydroxylation is 3. The highest BCUT2D eigenvalue weighted by molar-refractivity contribution is 5.84. The fourth-order valence-electron chi connectivity index (χ4n) is 4.67. The molecule has 168 valence electrons. The molecule has 2 heterocycles. The van der Waals surface area contributed by atoms with Gasteiger partial charge < -0.3 is 5.43 Å². The molecule has 7 nitrogen and oxygen atoms in total. The number of hydrogen-bond acceptors (Lipinski definition) is 4. The first-order valence-electron chi connectivity index (χ1n) is 11.2. The lowest BCUT2D eigenvalue weighted by atomic mass is 9.93. The Morgan fingerprint density at radius 3 is 2.38 bits per heavy atom. The fourth-order valence-corrected chi connectivity index (χ4v) is 4.67. The summed E-state index contributed by atoms with van der Waals surface area (Å²) in [6.45, 7) is 11.4. The molecule has 1 unspecified atom stereocenters. The van der Waals surface area contributed by atoms with E-state index in [1.165, 1.54) is 0 Å². The molecule has 0 aliphatic carbocycles. The van der Waals surface area contributed by atoms with Crippen LogP contribution in [0.1, 0.15) is 50.4 Å². The predicted molar refractivity (Wildman–Crippen MR) is 127 cm³/mol. The van der Waals surface area contributed by atoms with Gasteiger partial charge in [0.2, 0.25) is 5.91 Å². The summed E-state index contributed by atoms with van der Waals surface area (Å²) in [6, 6.07) is 14.4. The van der Waals surface area contributed by atoms with Gasteiger partial charge in [-0.25, -0.2) is 4.79 Å². The maximum atomic E-state index is 12.8. The third kappa shape index (κ3) is 3.52. The number of amides is 1. The summed E-state index contributed by atoms with van der Waals surface area (Å²) in [5.41, 5.74) is 9.54. The van der Waals surface area contributed by atoms with E-state index in [2.05, 4.69) is 42.7 Å². The Bertz CT molecular complexity index is 1250. The summed E-state index contributed by atoms with van der Waals surface area (Å²) >= 11 is 0. The predicted octanol–water partition coefficient (Wildman–Crippen LogP) is 3.84. The van der Waals surface area contributed by atoms with E-state index in [-0.39, 0.29) is 17.6 Å². The Labute approximate surface area is 188 Å². The van der Waals surface area contributed by atoms with Crippen molar-refractivity contribution in [3.05, 3.63) is 75.8 Å². The van der Waals surface area contributed by atoms with Crippen LogP contribution in [0.15, 0.2) is 53.5 Å². The van der Waals surface area contributed by atoms with Gasteiger partial charge in [0.05, 0.1) is 11.0 Å². The third-order valence-electron chi connectivity index (χ3n) is 6.16. The molecule has 1 N–H and O–H groups in total. The lowest BCUT2D eigenvalue weighted by molar-refractivity contribution is -0.153. The molecule has 1 amide bonds. The minimum absolute atomic E-state index is 0.0197. The van der Waals surface area contributed by atoms with Gasteiger partial charge >= 0.3 is 5.69 Å². The first kappa shape index (κ1) is 21.9. The maximum Gasteiger partial charge on any atom is 0.329 e. The van der Waals surface area contributed by atoms with Crippen molar-refractivity contribution < 1.29 is 4.79 Å². The van der Waals surface area contributed by atoms with Gasteiger partial charge in [-0.3, -0.25) is 18.9 Å². The average Bonchev–Trinajstić information content (AvgIpc) is 3.31. The number of hydrogen-bond donors (Lipinski definition) is 1. The molecule has 1 atom stereocenters. The zero-order valence-corrected chi connectivity index (χ0v) is 19.4. The second-order valence-electron chi connectivity index (χ2n) is 8.10. The molecule has 7 heteroatoms. The smallest absolute Gasteiger partial charge is 0.307 e. The number of benzene rings is 2. The molecule has 0 saturated heterocycles. The number of carbonyl (C=O) groups excluding carboxylic acids is 1. The van der Waals surface area contributed by atoms with Crippen LogP contribution in [0.4, 0.5) is 0 Å². The SMILES string of the molecule is CCN(C(C)=O)N1NC=C(c2ccc3c(c2)n(CC)c(=O)n3CC)C1c1cccc(C)c1. The van der Waals surface area contributed by atoms with Gasteiger partial charge in [0.25, 0.3) is 0 Å².